The van der Waals surface area contributed by atoms with Crippen molar-refractivity contribution in [1.29, 1.82) is 0 Å². The highest BCUT2D eigenvalue weighted by atomic mass is 35.5. The SMILES string of the molecule is CC1NCC1c1ccc(Cl)cc1. The maximum Gasteiger partial charge on any atom is 0.0406 e. The lowest BCUT2D eigenvalue weighted by molar-refractivity contribution is 0.334. The number of hydrogen-bond donors (Lipinski definition) is 1. The first-order valence-electron chi connectivity index (χ1n) is 4.26. The summed E-state index contributed by atoms with van der Waals surface area (Å²) in [7, 11) is 0. The summed E-state index contributed by atoms with van der Waals surface area (Å²) in [5.41, 5.74) is 1.39. The van der Waals surface area contributed by atoms with Gasteiger partial charge in [0.25, 0.3) is 0 Å². The Morgan fingerprint density at radius 2 is 2.00 bits per heavy atom. The molecule has 0 saturated carbocycles. The lowest BCUT2D eigenvalue weighted by Crippen LogP contribution is -2.48. The smallest absolute Gasteiger partial charge is 0.0406 e. The Labute approximate surface area is 77.7 Å². The van der Waals surface area contributed by atoms with Gasteiger partial charge >= 0.3 is 0 Å². The summed E-state index contributed by atoms with van der Waals surface area (Å²) in [4.78, 5) is 0. The van der Waals surface area contributed by atoms with Crippen molar-refractivity contribution in [1.82, 2.24) is 5.32 Å². The molecule has 0 aromatic heterocycles. The van der Waals surface area contributed by atoms with Gasteiger partial charge < -0.3 is 5.32 Å². The van der Waals surface area contributed by atoms with Crippen molar-refractivity contribution >= 4 is 11.6 Å². The van der Waals surface area contributed by atoms with E-state index in [1.165, 1.54) is 5.56 Å². The van der Waals surface area contributed by atoms with E-state index in [4.69, 9.17) is 11.6 Å². The molecule has 1 N–H and O–H groups in total. The molecule has 12 heavy (non-hydrogen) atoms. The van der Waals surface area contributed by atoms with Gasteiger partial charge in [0, 0.05) is 23.5 Å². The van der Waals surface area contributed by atoms with Crippen LogP contribution in [0.3, 0.4) is 0 Å². The summed E-state index contributed by atoms with van der Waals surface area (Å²) in [6, 6.07) is 8.77. The highest BCUT2D eigenvalue weighted by molar-refractivity contribution is 6.30. The third-order valence-corrected chi connectivity index (χ3v) is 2.81. The van der Waals surface area contributed by atoms with E-state index in [0.717, 1.165) is 11.6 Å². The molecule has 1 nitrogen and oxygen atoms in total. The standard InChI is InChI=1S/C10H12ClN/c1-7-10(6-12-7)8-2-4-9(11)5-3-8/h2-5,7,10,12H,6H2,1H3. The van der Waals surface area contributed by atoms with Gasteiger partial charge in [-0.1, -0.05) is 23.7 Å². The number of halogens is 1. The van der Waals surface area contributed by atoms with E-state index in [1.807, 2.05) is 12.1 Å². The molecule has 2 unspecified atom stereocenters. The maximum atomic E-state index is 5.80. The first kappa shape index (κ1) is 8.09. The normalized spacial score (nSPS) is 28.2. The summed E-state index contributed by atoms with van der Waals surface area (Å²) in [5.74, 6) is 0.683. The van der Waals surface area contributed by atoms with Crippen LogP contribution in [0.15, 0.2) is 24.3 Å². The maximum absolute atomic E-state index is 5.80. The second-order valence-corrected chi connectivity index (χ2v) is 3.79. The zero-order valence-electron chi connectivity index (χ0n) is 7.05. The Balaban J connectivity index is 2.18. The molecule has 2 heteroatoms. The molecular weight excluding hydrogens is 170 g/mol. The molecule has 1 fully saturated rings. The number of hydrogen-bond acceptors (Lipinski definition) is 1. The van der Waals surface area contributed by atoms with E-state index >= 15 is 0 Å². The highest BCUT2D eigenvalue weighted by Gasteiger charge is 2.26. The van der Waals surface area contributed by atoms with Crippen LogP contribution in [0, 0.1) is 0 Å². The molecule has 0 radical (unpaired) electrons. The molecule has 64 valence electrons. The van der Waals surface area contributed by atoms with E-state index in [1.54, 1.807) is 0 Å². The van der Waals surface area contributed by atoms with Crippen LogP contribution < -0.4 is 5.32 Å². The average Bonchev–Trinajstić information content (AvgIpc) is 2.06. The van der Waals surface area contributed by atoms with Gasteiger partial charge in [-0.2, -0.15) is 0 Å². The third-order valence-electron chi connectivity index (χ3n) is 2.56. The van der Waals surface area contributed by atoms with E-state index in [0.29, 0.717) is 12.0 Å². The monoisotopic (exact) mass is 181 g/mol. The predicted molar refractivity (Wildman–Crippen MR) is 51.7 cm³/mol. The Morgan fingerprint density at radius 1 is 1.33 bits per heavy atom. The molecule has 2 rings (SSSR count). The fraction of sp³-hybridized carbons (Fsp3) is 0.400. The van der Waals surface area contributed by atoms with Crippen molar-refractivity contribution in [3.05, 3.63) is 34.9 Å². The highest BCUT2D eigenvalue weighted by Crippen LogP contribution is 2.26. The van der Waals surface area contributed by atoms with Gasteiger partial charge in [-0.15, -0.1) is 0 Å². The van der Waals surface area contributed by atoms with Crippen molar-refractivity contribution in [3.63, 3.8) is 0 Å². The first-order chi connectivity index (χ1) is 5.77. The summed E-state index contributed by atoms with van der Waals surface area (Å²) in [6.45, 7) is 3.31. The second-order valence-electron chi connectivity index (χ2n) is 3.35. The number of benzene rings is 1. The summed E-state index contributed by atoms with van der Waals surface area (Å²) >= 11 is 5.80. The van der Waals surface area contributed by atoms with E-state index in [2.05, 4.69) is 24.4 Å². The predicted octanol–water partition coefficient (Wildman–Crippen LogP) is 2.42. The second kappa shape index (κ2) is 3.08. The van der Waals surface area contributed by atoms with Gasteiger partial charge in [-0.05, 0) is 24.6 Å². The minimum atomic E-state index is 0.617. The molecule has 0 aliphatic carbocycles. The first-order valence-corrected chi connectivity index (χ1v) is 4.64. The van der Waals surface area contributed by atoms with Crippen LogP contribution in [0.4, 0.5) is 0 Å². The Morgan fingerprint density at radius 3 is 2.42 bits per heavy atom. The molecule has 0 bridgehead atoms. The summed E-state index contributed by atoms with van der Waals surface area (Å²) in [5, 5.41) is 4.16. The Kier molecular flexibility index (Phi) is 2.07. The van der Waals surface area contributed by atoms with Crippen molar-refractivity contribution in [2.75, 3.05) is 6.54 Å². The lowest BCUT2D eigenvalue weighted by Gasteiger charge is -2.35. The van der Waals surface area contributed by atoms with Gasteiger partial charge in [0.05, 0.1) is 0 Å². The zero-order chi connectivity index (χ0) is 8.55. The quantitative estimate of drug-likeness (QED) is 0.702. The van der Waals surface area contributed by atoms with Crippen LogP contribution in [0.25, 0.3) is 0 Å². The van der Waals surface area contributed by atoms with E-state index in [9.17, 15) is 0 Å². The van der Waals surface area contributed by atoms with Gasteiger partial charge in [0.15, 0.2) is 0 Å². The van der Waals surface area contributed by atoms with Gasteiger partial charge in [-0.25, -0.2) is 0 Å². The van der Waals surface area contributed by atoms with E-state index < -0.39 is 0 Å². The average molecular weight is 182 g/mol. The number of nitrogens with one attached hydrogen (secondary N) is 1. The third kappa shape index (κ3) is 1.35. The molecule has 0 amide bonds. The van der Waals surface area contributed by atoms with Crippen LogP contribution in [0.5, 0.6) is 0 Å². The summed E-state index contributed by atoms with van der Waals surface area (Å²) < 4.78 is 0. The number of rotatable bonds is 1. The minimum absolute atomic E-state index is 0.617. The minimum Gasteiger partial charge on any atom is -0.313 e. The van der Waals surface area contributed by atoms with Crippen molar-refractivity contribution < 1.29 is 0 Å². The van der Waals surface area contributed by atoms with Gasteiger partial charge in [0.2, 0.25) is 0 Å². The molecule has 2 atom stereocenters. The van der Waals surface area contributed by atoms with Crippen molar-refractivity contribution in [2.45, 2.75) is 18.9 Å². The van der Waals surface area contributed by atoms with Gasteiger partial charge in [0.1, 0.15) is 0 Å². The van der Waals surface area contributed by atoms with Gasteiger partial charge in [-0.3, -0.25) is 0 Å². The van der Waals surface area contributed by atoms with Crippen LogP contribution in [-0.2, 0) is 0 Å². The van der Waals surface area contributed by atoms with Crippen LogP contribution in [0.2, 0.25) is 5.02 Å². The van der Waals surface area contributed by atoms with E-state index in [-0.39, 0.29) is 0 Å². The molecule has 1 saturated heterocycles. The molecule has 1 aliphatic heterocycles. The zero-order valence-corrected chi connectivity index (χ0v) is 7.81. The van der Waals surface area contributed by atoms with Crippen molar-refractivity contribution in [2.24, 2.45) is 0 Å². The molecule has 1 heterocycles. The molecule has 1 aromatic carbocycles. The Bertz CT molecular complexity index is 268. The molecule has 1 aromatic rings. The largest absolute Gasteiger partial charge is 0.313 e. The molecule has 1 aliphatic rings. The Hall–Kier alpha value is -0.530. The lowest BCUT2D eigenvalue weighted by atomic mass is 9.86. The topological polar surface area (TPSA) is 12.0 Å². The molecule has 0 spiro atoms. The van der Waals surface area contributed by atoms with Crippen LogP contribution in [0.1, 0.15) is 18.4 Å². The van der Waals surface area contributed by atoms with Crippen LogP contribution >= 0.6 is 11.6 Å². The fourth-order valence-corrected chi connectivity index (χ4v) is 1.71. The van der Waals surface area contributed by atoms with Crippen LogP contribution in [-0.4, -0.2) is 12.6 Å². The fourth-order valence-electron chi connectivity index (χ4n) is 1.59. The van der Waals surface area contributed by atoms with Crippen molar-refractivity contribution in [3.8, 4) is 0 Å². The summed E-state index contributed by atoms with van der Waals surface area (Å²) in [6.07, 6.45) is 0. The molecular formula is C10H12ClN.